The Morgan fingerprint density at radius 2 is 2.00 bits per heavy atom. The number of benzene rings is 1. The van der Waals surface area contributed by atoms with Crippen molar-refractivity contribution in [3.05, 3.63) is 35.9 Å². The second-order valence-electron chi connectivity index (χ2n) is 3.80. The van der Waals surface area contributed by atoms with E-state index in [9.17, 15) is 4.79 Å². The molecule has 0 unspecified atom stereocenters. The predicted molar refractivity (Wildman–Crippen MR) is 63.4 cm³/mol. The number of rotatable bonds is 6. The lowest BCUT2D eigenvalue weighted by Crippen LogP contribution is -2.29. The molecule has 1 atom stereocenters. The molecule has 0 saturated carbocycles. The lowest BCUT2D eigenvalue weighted by atomic mass is 10.0. The van der Waals surface area contributed by atoms with Crippen molar-refractivity contribution in [3.63, 3.8) is 0 Å². The molecule has 0 saturated heterocycles. The Hall–Kier alpha value is -1.55. The number of amides is 1. The fourth-order valence-corrected chi connectivity index (χ4v) is 1.51. The Balaban J connectivity index is 2.15. The van der Waals surface area contributed by atoms with Crippen LogP contribution in [0.5, 0.6) is 0 Å². The van der Waals surface area contributed by atoms with Crippen LogP contribution < -0.4 is 11.1 Å². The van der Waals surface area contributed by atoms with Gasteiger partial charge in [-0.05, 0) is 24.8 Å². The van der Waals surface area contributed by atoms with Gasteiger partial charge in [-0.1, -0.05) is 30.3 Å². The Morgan fingerprint density at radius 1 is 1.31 bits per heavy atom. The number of hydrogen-bond acceptors (Lipinski definition) is 2. The normalized spacial score (nSPS) is 12.1. The highest BCUT2D eigenvalue weighted by molar-refractivity contribution is 5.64. The van der Waals surface area contributed by atoms with Crippen LogP contribution in [-0.2, 0) is 6.42 Å². The molecule has 4 nitrogen and oxygen atoms in total. The van der Waals surface area contributed by atoms with E-state index in [1.165, 1.54) is 5.56 Å². The quantitative estimate of drug-likeness (QED) is 0.684. The number of nitrogens with one attached hydrogen (secondary N) is 1. The predicted octanol–water partition coefficient (Wildman–Crippen LogP) is 1.60. The molecule has 88 valence electrons. The van der Waals surface area contributed by atoms with Crippen LogP contribution in [0, 0.1) is 0 Å². The minimum absolute atomic E-state index is 0.0482. The second kappa shape index (κ2) is 6.85. The molecule has 1 aromatic rings. The third kappa shape index (κ3) is 5.36. The first kappa shape index (κ1) is 12.5. The Labute approximate surface area is 95.5 Å². The highest BCUT2D eigenvalue weighted by Crippen LogP contribution is 2.05. The van der Waals surface area contributed by atoms with Gasteiger partial charge in [-0.3, -0.25) is 0 Å². The molecule has 0 bridgehead atoms. The monoisotopic (exact) mass is 222 g/mol. The maximum Gasteiger partial charge on any atom is 0.404 e. The van der Waals surface area contributed by atoms with Gasteiger partial charge in [0.1, 0.15) is 0 Å². The van der Waals surface area contributed by atoms with E-state index in [-0.39, 0.29) is 6.04 Å². The van der Waals surface area contributed by atoms with Crippen LogP contribution in [0.15, 0.2) is 30.3 Å². The first-order valence-corrected chi connectivity index (χ1v) is 5.45. The highest BCUT2D eigenvalue weighted by atomic mass is 16.4. The number of carboxylic acid groups (broad SMARTS) is 1. The number of hydrogen-bond donors (Lipinski definition) is 3. The van der Waals surface area contributed by atoms with Gasteiger partial charge in [0.25, 0.3) is 0 Å². The molecule has 0 radical (unpaired) electrons. The van der Waals surface area contributed by atoms with Crippen molar-refractivity contribution in [1.29, 1.82) is 0 Å². The van der Waals surface area contributed by atoms with Crippen molar-refractivity contribution in [2.45, 2.75) is 25.3 Å². The molecule has 16 heavy (non-hydrogen) atoms. The summed E-state index contributed by atoms with van der Waals surface area (Å²) in [4.78, 5) is 10.2. The molecule has 0 aromatic heterocycles. The van der Waals surface area contributed by atoms with Gasteiger partial charge in [-0.15, -0.1) is 0 Å². The summed E-state index contributed by atoms with van der Waals surface area (Å²) in [5, 5.41) is 10.7. The van der Waals surface area contributed by atoms with Crippen LogP contribution in [0.3, 0.4) is 0 Å². The fourth-order valence-electron chi connectivity index (χ4n) is 1.51. The fraction of sp³-hybridized carbons (Fsp3) is 0.417. The average Bonchev–Trinajstić information content (AvgIpc) is 2.27. The van der Waals surface area contributed by atoms with Crippen molar-refractivity contribution in [2.24, 2.45) is 5.73 Å². The summed E-state index contributed by atoms with van der Waals surface area (Å²) in [6.07, 6.45) is 1.51. The second-order valence-corrected chi connectivity index (χ2v) is 3.80. The van der Waals surface area contributed by atoms with Gasteiger partial charge in [-0.2, -0.15) is 0 Å². The zero-order valence-corrected chi connectivity index (χ0v) is 9.23. The molecule has 1 aromatic carbocycles. The summed E-state index contributed by atoms with van der Waals surface area (Å²) < 4.78 is 0. The van der Waals surface area contributed by atoms with Crippen molar-refractivity contribution >= 4 is 6.09 Å². The van der Waals surface area contributed by atoms with Crippen molar-refractivity contribution in [1.82, 2.24) is 5.32 Å². The molecule has 1 amide bonds. The van der Waals surface area contributed by atoms with Crippen molar-refractivity contribution in [3.8, 4) is 0 Å². The van der Waals surface area contributed by atoms with E-state index in [2.05, 4.69) is 17.4 Å². The van der Waals surface area contributed by atoms with Gasteiger partial charge in [0.2, 0.25) is 0 Å². The lowest BCUT2D eigenvalue weighted by Gasteiger charge is -2.11. The van der Waals surface area contributed by atoms with Crippen LogP contribution in [0.2, 0.25) is 0 Å². The van der Waals surface area contributed by atoms with Gasteiger partial charge in [-0.25, -0.2) is 4.79 Å². The molecule has 0 spiro atoms. The summed E-state index contributed by atoms with van der Waals surface area (Å²) in [5.74, 6) is 0. The van der Waals surface area contributed by atoms with E-state index in [1.54, 1.807) is 0 Å². The summed E-state index contributed by atoms with van der Waals surface area (Å²) >= 11 is 0. The highest BCUT2D eigenvalue weighted by Gasteiger charge is 2.03. The number of nitrogens with two attached hydrogens (primary N) is 1. The largest absolute Gasteiger partial charge is 0.465 e. The molecule has 4 N–H and O–H groups in total. The third-order valence-electron chi connectivity index (χ3n) is 2.44. The molecule has 0 fully saturated rings. The van der Waals surface area contributed by atoms with E-state index in [0.29, 0.717) is 13.0 Å². The first-order chi connectivity index (χ1) is 7.68. The molecule has 0 aliphatic heterocycles. The van der Waals surface area contributed by atoms with E-state index in [1.807, 2.05) is 18.2 Å². The maximum absolute atomic E-state index is 10.2. The summed E-state index contributed by atoms with van der Waals surface area (Å²) in [6.45, 7) is 0.422. The molecule has 0 aliphatic carbocycles. The van der Waals surface area contributed by atoms with Gasteiger partial charge >= 0.3 is 6.09 Å². The van der Waals surface area contributed by atoms with Crippen LogP contribution in [-0.4, -0.2) is 23.8 Å². The standard InChI is InChI=1S/C12H18N2O2/c13-11(8-9-14-12(15)16)7-6-10-4-2-1-3-5-10/h1-5,11,14H,6-9,13H2,(H,15,16)/t11-/m1/s1. The molecule has 0 aliphatic rings. The number of carbonyl (C=O) groups is 1. The van der Waals surface area contributed by atoms with Gasteiger partial charge in [0.05, 0.1) is 0 Å². The maximum atomic E-state index is 10.2. The van der Waals surface area contributed by atoms with Crippen LogP contribution in [0.1, 0.15) is 18.4 Å². The van der Waals surface area contributed by atoms with Crippen LogP contribution in [0.25, 0.3) is 0 Å². The zero-order chi connectivity index (χ0) is 11.8. The zero-order valence-electron chi connectivity index (χ0n) is 9.23. The molecular formula is C12H18N2O2. The average molecular weight is 222 g/mol. The topological polar surface area (TPSA) is 75.3 Å². The first-order valence-electron chi connectivity index (χ1n) is 5.45. The van der Waals surface area contributed by atoms with E-state index < -0.39 is 6.09 Å². The van der Waals surface area contributed by atoms with Crippen molar-refractivity contribution in [2.75, 3.05) is 6.54 Å². The molecule has 0 heterocycles. The van der Waals surface area contributed by atoms with E-state index >= 15 is 0 Å². The smallest absolute Gasteiger partial charge is 0.404 e. The molecule has 1 rings (SSSR count). The van der Waals surface area contributed by atoms with E-state index in [4.69, 9.17) is 10.8 Å². The van der Waals surface area contributed by atoms with Gasteiger partial charge < -0.3 is 16.2 Å². The molecule has 4 heteroatoms. The Kier molecular flexibility index (Phi) is 5.36. The minimum Gasteiger partial charge on any atom is -0.465 e. The van der Waals surface area contributed by atoms with Crippen LogP contribution >= 0.6 is 0 Å². The Morgan fingerprint density at radius 3 is 2.62 bits per heavy atom. The minimum atomic E-state index is -0.991. The summed E-state index contributed by atoms with van der Waals surface area (Å²) in [6, 6.07) is 10.2. The SMILES string of the molecule is N[C@@H](CCNC(=O)O)CCc1ccccc1. The van der Waals surface area contributed by atoms with Gasteiger partial charge in [0, 0.05) is 12.6 Å². The number of aryl methyl sites for hydroxylation is 1. The lowest BCUT2D eigenvalue weighted by molar-refractivity contribution is 0.194. The summed E-state index contributed by atoms with van der Waals surface area (Å²) in [5.41, 5.74) is 7.14. The van der Waals surface area contributed by atoms with Crippen LogP contribution in [0.4, 0.5) is 4.79 Å². The van der Waals surface area contributed by atoms with E-state index in [0.717, 1.165) is 12.8 Å². The Bertz CT molecular complexity index is 314. The summed E-state index contributed by atoms with van der Waals surface area (Å²) in [7, 11) is 0. The third-order valence-corrected chi connectivity index (χ3v) is 2.44. The van der Waals surface area contributed by atoms with Gasteiger partial charge in [0.15, 0.2) is 0 Å². The van der Waals surface area contributed by atoms with Crippen molar-refractivity contribution < 1.29 is 9.90 Å². The molecular weight excluding hydrogens is 204 g/mol.